The van der Waals surface area contributed by atoms with E-state index in [4.69, 9.17) is 9.47 Å². The third-order valence-corrected chi connectivity index (χ3v) is 3.09. The summed E-state index contributed by atoms with van der Waals surface area (Å²) in [5.41, 5.74) is 0.807. The Morgan fingerprint density at radius 1 is 0.857 bits per heavy atom. The van der Waals surface area contributed by atoms with Gasteiger partial charge in [0.15, 0.2) is 0 Å². The fraction of sp³-hybridized carbons (Fsp3) is 0.250. The van der Waals surface area contributed by atoms with Gasteiger partial charge in [0.25, 0.3) is 0 Å². The van der Waals surface area contributed by atoms with Crippen molar-refractivity contribution in [2.24, 2.45) is 10.3 Å². The Hall–Kier alpha value is -2.40. The van der Waals surface area contributed by atoms with Gasteiger partial charge in [-0.1, -0.05) is 23.4 Å². The maximum absolute atomic E-state index is 5.73. The Kier molecular flexibility index (Phi) is 4.43. The van der Waals surface area contributed by atoms with Gasteiger partial charge in [0, 0.05) is 0 Å². The Morgan fingerprint density at radius 3 is 2.24 bits per heavy atom. The molecule has 0 radical (unpaired) electrons. The molecular formula is C16H17N3O2. The predicted octanol–water partition coefficient (Wildman–Crippen LogP) is 3.81. The number of hydrogen-bond donors (Lipinski definition) is 0. The van der Waals surface area contributed by atoms with Crippen LogP contribution < -0.4 is 4.74 Å². The van der Waals surface area contributed by atoms with Gasteiger partial charge in [-0.05, 0) is 36.4 Å². The van der Waals surface area contributed by atoms with E-state index < -0.39 is 0 Å². The molecule has 1 saturated heterocycles. The summed E-state index contributed by atoms with van der Waals surface area (Å²) < 4.78 is 11.0. The van der Waals surface area contributed by atoms with Crippen LogP contribution in [0.25, 0.3) is 0 Å². The van der Waals surface area contributed by atoms with E-state index in [0.717, 1.165) is 30.3 Å². The van der Waals surface area contributed by atoms with Crippen LogP contribution in [0, 0.1) is 0 Å². The smallest absolute Gasteiger partial charge is 0.127 e. The Balaban J connectivity index is 1.60. The van der Waals surface area contributed by atoms with Crippen LogP contribution in [0.3, 0.4) is 0 Å². The van der Waals surface area contributed by atoms with Gasteiger partial charge < -0.3 is 9.47 Å². The molecule has 1 fully saturated rings. The summed E-state index contributed by atoms with van der Waals surface area (Å²) in [6, 6.07) is 17.3. The van der Waals surface area contributed by atoms with Crippen LogP contribution >= 0.6 is 0 Å². The number of nitrogens with zero attached hydrogens (tertiary/aromatic N) is 3. The van der Waals surface area contributed by atoms with Crippen LogP contribution in [0.2, 0.25) is 0 Å². The van der Waals surface area contributed by atoms with Gasteiger partial charge in [0.2, 0.25) is 0 Å². The van der Waals surface area contributed by atoms with Gasteiger partial charge in [-0.25, -0.2) is 0 Å². The van der Waals surface area contributed by atoms with Crippen molar-refractivity contribution >= 4 is 5.69 Å². The molecule has 5 nitrogen and oxygen atoms in total. The highest BCUT2D eigenvalue weighted by atomic mass is 16.5. The molecule has 0 amide bonds. The number of morpholine rings is 1. The first-order valence-corrected chi connectivity index (χ1v) is 6.97. The average molecular weight is 283 g/mol. The highest BCUT2D eigenvalue weighted by Crippen LogP contribution is 2.24. The van der Waals surface area contributed by atoms with E-state index in [1.807, 2.05) is 59.6 Å². The maximum Gasteiger partial charge on any atom is 0.127 e. The zero-order valence-corrected chi connectivity index (χ0v) is 11.7. The van der Waals surface area contributed by atoms with Gasteiger partial charge in [-0.3, -0.25) is 5.01 Å². The minimum Gasteiger partial charge on any atom is -0.457 e. The van der Waals surface area contributed by atoms with Crippen molar-refractivity contribution in [2.75, 3.05) is 26.3 Å². The zero-order chi connectivity index (χ0) is 14.3. The molecule has 0 N–H and O–H groups in total. The molecule has 1 aliphatic heterocycles. The molecule has 0 aromatic heterocycles. The SMILES string of the molecule is c1ccc(Oc2ccc(N=NN3CCOCC3)cc2)cc1. The number of ether oxygens (including phenoxy) is 2. The van der Waals surface area contributed by atoms with Crippen LogP contribution in [0.4, 0.5) is 5.69 Å². The van der Waals surface area contributed by atoms with E-state index in [1.165, 1.54) is 0 Å². The monoisotopic (exact) mass is 283 g/mol. The Labute approximate surface area is 123 Å². The molecule has 5 heteroatoms. The minimum absolute atomic E-state index is 0.711. The molecule has 0 aliphatic carbocycles. The van der Waals surface area contributed by atoms with E-state index in [0.29, 0.717) is 13.2 Å². The fourth-order valence-corrected chi connectivity index (χ4v) is 1.96. The van der Waals surface area contributed by atoms with Crippen molar-refractivity contribution in [3.63, 3.8) is 0 Å². The molecule has 0 spiro atoms. The van der Waals surface area contributed by atoms with E-state index in [2.05, 4.69) is 10.3 Å². The highest BCUT2D eigenvalue weighted by Gasteiger charge is 2.07. The second-order valence-electron chi connectivity index (χ2n) is 4.66. The van der Waals surface area contributed by atoms with Crippen molar-refractivity contribution < 1.29 is 9.47 Å². The van der Waals surface area contributed by atoms with E-state index >= 15 is 0 Å². The van der Waals surface area contributed by atoms with E-state index in [9.17, 15) is 0 Å². The summed E-state index contributed by atoms with van der Waals surface area (Å²) in [6.07, 6.45) is 0. The van der Waals surface area contributed by atoms with Gasteiger partial charge in [0.05, 0.1) is 32.0 Å². The quantitative estimate of drug-likeness (QED) is 0.802. The summed E-state index contributed by atoms with van der Waals surface area (Å²) in [6.45, 7) is 3.00. The summed E-state index contributed by atoms with van der Waals surface area (Å²) in [4.78, 5) is 0. The molecule has 2 aromatic rings. The summed E-state index contributed by atoms with van der Waals surface area (Å²) in [5, 5.41) is 10.3. The maximum atomic E-state index is 5.73. The fourth-order valence-electron chi connectivity index (χ4n) is 1.96. The van der Waals surface area contributed by atoms with Crippen LogP contribution in [0.5, 0.6) is 11.5 Å². The van der Waals surface area contributed by atoms with Gasteiger partial charge >= 0.3 is 0 Å². The topological polar surface area (TPSA) is 46.4 Å². The highest BCUT2D eigenvalue weighted by molar-refractivity contribution is 5.42. The Morgan fingerprint density at radius 2 is 1.52 bits per heavy atom. The van der Waals surface area contributed by atoms with E-state index in [1.54, 1.807) is 0 Å². The lowest BCUT2D eigenvalue weighted by atomic mass is 10.3. The largest absolute Gasteiger partial charge is 0.457 e. The predicted molar refractivity (Wildman–Crippen MR) is 79.9 cm³/mol. The minimum atomic E-state index is 0.711. The molecule has 0 unspecified atom stereocenters. The molecule has 0 saturated carbocycles. The number of rotatable bonds is 4. The summed E-state index contributed by atoms with van der Waals surface area (Å²) >= 11 is 0. The first kappa shape index (κ1) is 13.6. The first-order valence-electron chi connectivity index (χ1n) is 6.97. The molecule has 3 rings (SSSR count). The van der Waals surface area contributed by atoms with Crippen molar-refractivity contribution in [3.05, 3.63) is 54.6 Å². The molecular weight excluding hydrogens is 266 g/mol. The molecule has 0 atom stereocenters. The third kappa shape index (κ3) is 4.03. The molecule has 108 valence electrons. The van der Waals surface area contributed by atoms with Gasteiger partial charge in [0.1, 0.15) is 11.5 Å². The first-order chi connectivity index (χ1) is 10.4. The second kappa shape index (κ2) is 6.85. The number of hydrogen-bond acceptors (Lipinski definition) is 4. The zero-order valence-electron chi connectivity index (χ0n) is 11.7. The van der Waals surface area contributed by atoms with Crippen molar-refractivity contribution in [3.8, 4) is 11.5 Å². The lowest BCUT2D eigenvalue weighted by Gasteiger charge is -2.22. The number of para-hydroxylation sites is 1. The van der Waals surface area contributed by atoms with Crippen LogP contribution in [0.1, 0.15) is 0 Å². The molecule has 21 heavy (non-hydrogen) atoms. The van der Waals surface area contributed by atoms with E-state index in [-0.39, 0.29) is 0 Å². The lowest BCUT2D eigenvalue weighted by Crippen LogP contribution is -2.31. The molecule has 0 bridgehead atoms. The second-order valence-corrected chi connectivity index (χ2v) is 4.66. The average Bonchev–Trinajstić information content (AvgIpc) is 2.56. The van der Waals surface area contributed by atoms with Crippen molar-refractivity contribution in [1.29, 1.82) is 0 Å². The van der Waals surface area contributed by atoms with Crippen molar-refractivity contribution in [1.82, 2.24) is 5.01 Å². The lowest BCUT2D eigenvalue weighted by molar-refractivity contribution is 0.0354. The normalized spacial score (nSPS) is 15.3. The molecule has 1 heterocycles. The molecule has 2 aromatic carbocycles. The van der Waals surface area contributed by atoms with Crippen molar-refractivity contribution in [2.45, 2.75) is 0 Å². The molecule has 1 aliphatic rings. The summed E-state index contributed by atoms with van der Waals surface area (Å²) in [5.74, 6) is 1.60. The number of benzene rings is 2. The van der Waals surface area contributed by atoms with Crippen LogP contribution in [0.15, 0.2) is 64.9 Å². The van der Waals surface area contributed by atoms with Crippen LogP contribution in [-0.2, 0) is 4.74 Å². The van der Waals surface area contributed by atoms with Gasteiger partial charge in [-0.15, -0.1) is 5.11 Å². The summed E-state index contributed by atoms with van der Waals surface area (Å²) in [7, 11) is 0. The third-order valence-electron chi connectivity index (χ3n) is 3.09. The van der Waals surface area contributed by atoms with Crippen LogP contribution in [-0.4, -0.2) is 31.3 Å². The Bertz CT molecular complexity index is 578. The standard InChI is InChI=1S/C16H17N3O2/c1-2-4-15(5-3-1)21-16-8-6-14(7-9-16)17-18-19-10-12-20-13-11-19/h1-9H,10-13H2. The van der Waals surface area contributed by atoms with Gasteiger partial charge in [-0.2, -0.15) is 0 Å².